The van der Waals surface area contributed by atoms with Gasteiger partial charge in [0.1, 0.15) is 5.75 Å². The first kappa shape index (κ1) is 14.0. The molecule has 21 heavy (non-hydrogen) atoms. The van der Waals surface area contributed by atoms with Gasteiger partial charge in [-0.05, 0) is 18.6 Å². The van der Waals surface area contributed by atoms with Gasteiger partial charge in [-0.2, -0.15) is 4.52 Å². The van der Waals surface area contributed by atoms with Crippen LogP contribution in [0.1, 0.15) is 12.6 Å². The SMILES string of the molecule is CCc1nc2cc[nH]n2c(=O)c1Oc1ccc(Cl)c(Cl)c1. The Morgan fingerprint density at radius 1 is 1.29 bits per heavy atom. The van der Waals surface area contributed by atoms with Crippen molar-refractivity contribution in [2.24, 2.45) is 0 Å². The highest BCUT2D eigenvalue weighted by Gasteiger charge is 2.15. The number of aryl methyl sites for hydroxylation is 1. The molecule has 2 aromatic heterocycles. The topological polar surface area (TPSA) is 59.4 Å². The van der Waals surface area contributed by atoms with Crippen LogP contribution in [0.2, 0.25) is 10.0 Å². The molecule has 0 saturated carbocycles. The monoisotopic (exact) mass is 323 g/mol. The average Bonchev–Trinajstić information content (AvgIpc) is 2.94. The fourth-order valence-corrected chi connectivity index (χ4v) is 2.28. The van der Waals surface area contributed by atoms with E-state index in [9.17, 15) is 4.79 Å². The Bertz CT molecular complexity index is 870. The summed E-state index contributed by atoms with van der Waals surface area (Å²) < 4.78 is 7.01. The lowest BCUT2D eigenvalue weighted by Crippen LogP contribution is -2.19. The fraction of sp³-hybridized carbons (Fsp3) is 0.143. The fourth-order valence-electron chi connectivity index (χ4n) is 1.99. The molecule has 108 valence electrons. The van der Waals surface area contributed by atoms with Gasteiger partial charge in [-0.3, -0.25) is 9.89 Å². The van der Waals surface area contributed by atoms with Gasteiger partial charge in [0, 0.05) is 18.3 Å². The average molecular weight is 324 g/mol. The van der Waals surface area contributed by atoms with Crippen LogP contribution in [-0.4, -0.2) is 14.6 Å². The number of benzene rings is 1. The molecule has 0 atom stereocenters. The minimum Gasteiger partial charge on any atom is -0.449 e. The van der Waals surface area contributed by atoms with Gasteiger partial charge in [-0.15, -0.1) is 0 Å². The number of ether oxygens (including phenoxy) is 1. The van der Waals surface area contributed by atoms with E-state index in [-0.39, 0.29) is 11.3 Å². The van der Waals surface area contributed by atoms with Crippen molar-refractivity contribution in [2.75, 3.05) is 0 Å². The summed E-state index contributed by atoms with van der Waals surface area (Å²) in [6, 6.07) is 6.55. The van der Waals surface area contributed by atoms with E-state index >= 15 is 0 Å². The number of aromatic amines is 1. The van der Waals surface area contributed by atoms with Crippen molar-refractivity contribution in [3.63, 3.8) is 0 Å². The van der Waals surface area contributed by atoms with Crippen LogP contribution in [0.15, 0.2) is 35.3 Å². The third-order valence-electron chi connectivity index (χ3n) is 3.02. The summed E-state index contributed by atoms with van der Waals surface area (Å²) in [5, 5.41) is 3.59. The summed E-state index contributed by atoms with van der Waals surface area (Å²) in [5.74, 6) is 0.611. The summed E-state index contributed by atoms with van der Waals surface area (Å²) in [6.45, 7) is 1.91. The predicted molar refractivity (Wildman–Crippen MR) is 81.7 cm³/mol. The molecule has 3 rings (SSSR count). The summed E-state index contributed by atoms with van der Waals surface area (Å²) >= 11 is 11.8. The first-order chi connectivity index (χ1) is 10.1. The largest absolute Gasteiger partial charge is 0.449 e. The number of H-pyrrole nitrogens is 1. The normalized spacial score (nSPS) is 11.0. The molecule has 2 heterocycles. The van der Waals surface area contributed by atoms with Gasteiger partial charge < -0.3 is 4.74 Å². The Labute approximate surface area is 130 Å². The number of fused-ring (bicyclic) bond motifs is 1. The summed E-state index contributed by atoms with van der Waals surface area (Å²) in [4.78, 5) is 16.8. The molecule has 0 amide bonds. The smallest absolute Gasteiger partial charge is 0.315 e. The van der Waals surface area contributed by atoms with E-state index in [1.54, 1.807) is 30.5 Å². The molecule has 0 bridgehead atoms. The number of rotatable bonds is 3. The van der Waals surface area contributed by atoms with E-state index in [4.69, 9.17) is 27.9 Å². The lowest BCUT2D eigenvalue weighted by Gasteiger charge is -2.09. The Morgan fingerprint density at radius 3 is 2.81 bits per heavy atom. The molecule has 5 nitrogen and oxygen atoms in total. The molecule has 0 aliphatic rings. The van der Waals surface area contributed by atoms with Gasteiger partial charge >= 0.3 is 5.56 Å². The summed E-state index contributed by atoms with van der Waals surface area (Å²) in [6.07, 6.45) is 2.22. The van der Waals surface area contributed by atoms with E-state index in [1.807, 2.05) is 6.92 Å². The molecular weight excluding hydrogens is 313 g/mol. The van der Waals surface area contributed by atoms with Crippen molar-refractivity contribution in [3.05, 3.63) is 56.6 Å². The molecule has 0 aliphatic carbocycles. The van der Waals surface area contributed by atoms with Gasteiger partial charge in [0.05, 0.1) is 15.7 Å². The van der Waals surface area contributed by atoms with Gasteiger partial charge in [0.2, 0.25) is 5.75 Å². The molecule has 7 heteroatoms. The Morgan fingerprint density at radius 2 is 2.10 bits per heavy atom. The lowest BCUT2D eigenvalue weighted by molar-refractivity contribution is 0.462. The van der Waals surface area contributed by atoms with Crippen molar-refractivity contribution in [1.29, 1.82) is 0 Å². The van der Waals surface area contributed by atoms with Crippen LogP contribution in [0.3, 0.4) is 0 Å². The van der Waals surface area contributed by atoms with E-state index in [1.165, 1.54) is 4.52 Å². The van der Waals surface area contributed by atoms with Crippen LogP contribution in [-0.2, 0) is 6.42 Å². The van der Waals surface area contributed by atoms with Crippen molar-refractivity contribution < 1.29 is 4.74 Å². The zero-order valence-electron chi connectivity index (χ0n) is 11.1. The number of nitrogens with zero attached hydrogens (tertiary/aromatic N) is 2. The van der Waals surface area contributed by atoms with Gasteiger partial charge in [0.25, 0.3) is 0 Å². The van der Waals surface area contributed by atoms with E-state index in [0.29, 0.717) is 33.6 Å². The zero-order chi connectivity index (χ0) is 15.0. The van der Waals surface area contributed by atoms with Crippen LogP contribution in [0.5, 0.6) is 11.5 Å². The number of aromatic nitrogens is 3. The maximum absolute atomic E-state index is 12.4. The van der Waals surface area contributed by atoms with Crippen molar-refractivity contribution in [1.82, 2.24) is 14.6 Å². The quantitative estimate of drug-likeness (QED) is 0.799. The highest BCUT2D eigenvalue weighted by atomic mass is 35.5. The molecule has 3 aromatic rings. The second kappa shape index (κ2) is 5.42. The first-order valence-electron chi connectivity index (χ1n) is 6.32. The van der Waals surface area contributed by atoms with Crippen LogP contribution >= 0.6 is 23.2 Å². The Hall–Kier alpha value is -1.98. The first-order valence-corrected chi connectivity index (χ1v) is 7.07. The third-order valence-corrected chi connectivity index (χ3v) is 3.76. The molecule has 0 spiro atoms. The van der Waals surface area contributed by atoms with Crippen molar-refractivity contribution >= 4 is 28.8 Å². The third kappa shape index (κ3) is 2.50. The molecule has 0 aliphatic heterocycles. The Kier molecular flexibility index (Phi) is 3.61. The van der Waals surface area contributed by atoms with Crippen molar-refractivity contribution in [3.8, 4) is 11.5 Å². The summed E-state index contributed by atoms with van der Waals surface area (Å²) in [7, 11) is 0. The minimum absolute atomic E-state index is 0.177. The van der Waals surface area contributed by atoms with Gasteiger partial charge in [-0.1, -0.05) is 30.1 Å². The molecule has 0 saturated heterocycles. The zero-order valence-corrected chi connectivity index (χ0v) is 12.6. The molecule has 0 radical (unpaired) electrons. The van der Waals surface area contributed by atoms with Crippen LogP contribution in [0.25, 0.3) is 5.65 Å². The number of nitrogens with one attached hydrogen (secondary N) is 1. The number of hydrogen-bond acceptors (Lipinski definition) is 3. The lowest BCUT2D eigenvalue weighted by atomic mass is 10.3. The highest BCUT2D eigenvalue weighted by Crippen LogP contribution is 2.29. The standard InChI is InChI=1S/C14H11Cl2N3O2/c1-2-11-13(14(20)19-12(18-11)5-6-17-19)21-8-3-4-9(15)10(16)7-8/h3-7,17H,2H2,1H3. The van der Waals surface area contributed by atoms with Gasteiger partial charge in [-0.25, -0.2) is 4.98 Å². The highest BCUT2D eigenvalue weighted by molar-refractivity contribution is 6.42. The van der Waals surface area contributed by atoms with Crippen LogP contribution in [0, 0.1) is 0 Å². The predicted octanol–water partition coefficient (Wildman–Crippen LogP) is 3.68. The molecule has 0 fully saturated rings. The number of hydrogen-bond donors (Lipinski definition) is 1. The maximum Gasteiger partial charge on any atom is 0.315 e. The molecular formula is C14H11Cl2N3O2. The van der Waals surface area contributed by atoms with Crippen molar-refractivity contribution in [2.45, 2.75) is 13.3 Å². The molecule has 0 unspecified atom stereocenters. The second-order valence-electron chi connectivity index (χ2n) is 4.38. The summed E-state index contributed by atoms with van der Waals surface area (Å²) in [5.41, 5.74) is 0.844. The molecule has 1 N–H and O–H groups in total. The minimum atomic E-state index is -0.298. The maximum atomic E-state index is 12.4. The van der Waals surface area contributed by atoms with Gasteiger partial charge in [0.15, 0.2) is 5.65 Å². The van der Waals surface area contributed by atoms with Crippen LogP contribution in [0.4, 0.5) is 0 Å². The van der Waals surface area contributed by atoms with Crippen LogP contribution < -0.4 is 10.3 Å². The second-order valence-corrected chi connectivity index (χ2v) is 5.19. The molecule has 1 aromatic carbocycles. The Balaban J connectivity index is 2.12. The van der Waals surface area contributed by atoms with E-state index in [0.717, 1.165) is 0 Å². The van der Waals surface area contributed by atoms with E-state index < -0.39 is 0 Å². The van der Waals surface area contributed by atoms with E-state index in [2.05, 4.69) is 10.1 Å². The number of halogens is 2.